The minimum Gasteiger partial charge on any atom is -0.497 e. The molecule has 3 rings (SSSR count). The smallest absolute Gasteiger partial charge is 0.220 e. The van der Waals surface area contributed by atoms with E-state index in [1.807, 2.05) is 31.2 Å². The quantitative estimate of drug-likeness (QED) is 0.675. The van der Waals surface area contributed by atoms with E-state index in [1.165, 1.54) is 12.1 Å². The van der Waals surface area contributed by atoms with E-state index in [9.17, 15) is 9.18 Å². The van der Waals surface area contributed by atoms with Crippen LogP contribution in [0.5, 0.6) is 5.75 Å². The van der Waals surface area contributed by atoms with Crippen LogP contribution < -0.4 is 10.1 Å². The van der Waals surface area contributed by atoms with Gasteiger partial charge in [0, 0.05) is 18.4 Å². The molecule has 0 saturated carbocycles. The van der Waals surface area contributed by atoms with Gasteiger partial charge in [-0.05, 0) is 48.9 Å². The molecule has 0 aliphatic carbocycles. The summed E-state index contributed by atoms with van der Waals surface area (Å²) in [5, 5.41) is 2.89. The molecule has 0 bridgehead atoms. The summed E-state index contributed by atoms with van der Waals surface area (Å²) < 4.78 is 23.8. The number of amides is 1. The Kier molecular flexibility index (Phi) is 5.86. The third-order valence-electron chi connectivity index (χ3n) is 4.24. The number of nitrogens with zero attached hydrogens (tertiary/aromatic N) is 1. The van der Waals surface area contributed by atoms with E-state index in [4.69, 9.17) is 9.15 Å². The monoisotopic (exact) mass is 368 g/mol. The number of methoxy groups -OCH3 is 1. The molecule has 1 aromatic heterocycles. The molecule has 27 heavy (non-hydrogen) atoms. The van der Waals surface area contributed by atoms with Crippen LogP contribution >= 0.6 is 0 Å². The van der Waals surface area contributed by atoms with E-state index in [2.05, 4.69) is 10.3 Å². The summed E-state index contributed by atoms with van der Waals surface area (Å²) >= 11 is 0. The predicted molar refractivity (Wildman–Crippen MR) is 99.8 cm³/mol. The number of carbonyl (C=O) groups excluding carboxylic acids is 1. The molecule has 3 aromatic rings. The minimum absolute atomic E-state index is 0.115. The Bertz CT molecular complexity index is 889. The molecule has 6 heteroatoms. The lowest BCUT2D eigenvalue weighted by molar-refractivity contribution is -0.121. The lowest BCUT2D eigenvalue weighted by Crippen LogP contribution is -2.26. The van der Waals surface area contributed by atoms with Gasteiger partial charge in [-0.1, -0.05) is 12.1 Å². The number of hydrogen-bond donors (Lipinski definition) is 1. The fraction of sp³-hybridized carbons (Fsp3) is 0.238. The van der Waals surface area contributed by atoms with Gasteiger partial charge in [-0.3, -0.25) is 4.79 Å². The summed E-state index contributed by atoms with van der Waals surface area (Å²) in [5.41, 5.74) is 1.74. The average Bonchev–Trinajstić information content (AvgIpc) is 3.16. The number of aryl methyl sites for hydroxylation is 1. The molecule has 1 N–H and O–H groups in total. The normalized spacial score (nSPS) is 11.8. The highest BCUT2D eigenvalue weighted by atomic mass is 19.1. The molecule has 140 valence electrons. The summed E-state index contributed by atoms with van der Waals surface area (Å²) in [6, 6.07) is 13.4. The van der Waals surface area contributed by atoms with Crippen LogP contribution in [-0.4, -0.2) is 18.0 Å². The van der Waals surface area contributed by atoms with E-state index in [1.54, 1.807) is 25.4 Å². The number of hydrogen-bond acceptors (Lipinski definition) is 4. The first-order valence-electron chi connectivity index (χ1n) is 8.69. The van der Waals surface area contributed by atoms with Gasteiger partial charge in [0.2, 0.25) is 5.91 Å². The highest BCUT2D eigenvalue weighted by molar-refractivity contribution is 5.76. The van der Waals surface area contributed by atoms with Crippen LogP contribution in [0.15, 0.2) is 59.1 Å². The molecule has 0 fully saturated rings. The summed E-state index contributed by atoms with van der Waals surface area (Å²) in [6.45, 7) is 1.86. The molecule has 1 heterocycles. The van der Waals surface area contributed by atoms with Crippen LogP contribution in [0.4, 0.5) is 4.39 Å². The second-order valence-electron chi connectivity index (χ2n) is 6.19. The topological polar surface area (TPSA) is 64.4 Å². The molecule has 0 spiro atoms. The summed E-state index contributed by atoms with van der Waals surface area (Å²) in [6.07, 6.45) is 2.31. The lowest BCUT2D eigenvalue weighted by atomic mass is 10.1. The van der Waals surface area contributed by atoms with Gasteiger partial charge in [0.25, 0.3) is 0 Å². The van der Waals surface area contributed by atoms with Crippen molar-refractivity contribution in [3.05, 3.63) is 72.0 Å². The number of aromatic nitrogens is 1. The Morgan fingerprint density at radius 1 is 1.19 bits per heavy atom. The van der Waals surface area contributed by atoms with Gasteiger partial charge in [0.05, 0.1) is 19.3 Å². The van der Waals surface area contributed by atoms with Gasteiger partial charge in [-0.15, -0.1) is 0 Å². The number of rotatable bonds is 7. The Labute approximate surface area is 157 Å². The van der Waals surface area contributed by atoms with Gasteiger partial charge in [-0.25, -0.2) is 9.37 Å². The van der Waals surface area contributed by atoms with Gasteiger partial charge in [0.1, 0.15) is 11.6 Å². The van der Waals surface area contributed by atoms with E-state index in [0.29, 0.717) is 18.1 Å². The molecule has 0 unspecified atom stereocenters. The maximum atomic E-state index is 13.0. The van der Waals surface area contributed by atoms with E-state index >= 15 is 0 Å². The number of carbonyl (C=O) groups is 1. The maximum absolute atomic E-state index is 13.0. The van der Waals surface area contributed by atoms with Crippen molar-refractivity contribution in [3.8, 4) is 17.1 Å². The van der Waals surface area contributed by atoms with Crippen LogP contribution in [0.3, 0.4) is 0 Å². The van der Waals surface area contributed by atoms with Crippen LogP contribution in [0.2, 0.25) is 0 Å². The third kappa shape index (κ3) is 4.94. The zero-order valence-electron chi connectivity index (χ0n) is 15.2. The maximum Gasteiger partial charge on any atom is 0.220 e. The molecule has 5 nitrogen and oxygen atoms in total. The zero-order chi connectivity index (χ0) is 19.2. The number of halogens is 1. The first-order valence-corrected chi connectivity index (χ1v) is 8.69. The first kappa shape index (κ1) is 18.6. The zero-order valence-corrected chi connectivity index (χ0v) is 15.2. The fourth-order valence-electron chi connectivity index (χ4n) is 2.68. The van der Waals surface area contributed by atoms with Gasteiger partial charge < -0.3 is 14.5 Å². The Balaban J connectivity index is 1.53. The SMILES string of the molecule is COc1ccc(-c2cnc(CCC(=O)N[C@H](C)c3ccc(F)cc3)o2)cc1. The molecule has 0 radical (unpaired) electrons. The third-order valence-corrected chi connectivity index (χ3v) is 4.24. The Hall–Kier alpha value is -3.15. The van der Waals surface area contributed by atoms with Crippen LogP contribution in [0, 0.1) is 5.82 Å². The molecule has 0 saturated heterocycles. The van der Waals surface area contributed by atoms with Gasteiger partial charge in [0.15, 0.2) is 11.7 Å². The number of oxazole rings is 1. The van der Waals surface area contributed by atoms with Crippen molar-refractivity contribution in [2.45, 2.75) is 25.8 Å². The largest absolute Gasteiger partial charge is 0.497 e. The standard InChI is InChI=1S/C21H21FN2O3/c1-14(15-3-7-17(22)8-4-15)24-20(25)11-12-21-23-13-19(27-21)16-5-9-18(26-2)10-6-16/h3-10,13-14H,11-12H2,1-2H3,(H,24,25)/t14-/m1/s1. The van der Waals surface area contributed by atoms with Crippen LogP contribution in [0.25, 0.3) is 11.3 Å². The Morgan fingerprint density at radius 3 is 2.56 bits per heavy atom. The summed E-state index contributed by atoms with van der Waals surface area (Å²) in [7, 11) is 1.61. The predicted octanol–water partition coefficient (Wildman–Crippen LogP) is 4.30. The first-order chi connectivity index (χ1) is 13.0. The lowest BCUT2D eigenvalue weighted by Gasteiger charge is -2.14. The molecular weight excluding hydrogens is 347 g/mol. The number of benzene rings is 2. The second kappa shape index (κ2) is 8.49. The Morgan fingerprint density at radius 2 is 1.89 bits per heavy atom. The number of nitrogens with one attached hydrogen (secondary N) is 1. The number of ether oxygens (including phenoxy) is 1. The summed E-state index contributed by atoms with van der Waals surface area (Å²) in [5.74, 6) is 1.51. The van der Waals surface area contributed by atoms with Crippen molar-refractivity contribution >= 4 is 5.91 Å². The highest BCUT2D eigenvalue weighted by Crippen LogP contribution is 2.23. The van der Waals surface area contributed by atoms with Crippen molar-refractivity contribution in [2.24, 2.45) is 0 Å². The van der Waals surface area contributed by atoms with Gasteiger partial charge >= 0.3 is 0 Å². The molecule has 2 aromatic carbocycles. The minimum atomic E-state index is -0.297. The molecule has 1 amide bonds. The van der Waals surface area contributed by atoms with Crippen LogP contribution in [-0.2, 0) is 11.2 Å². The fourth-order valence-corrected chi connectivity index (χ4v) is 2.68. The molecular formula is C21H21FN2O3. The van der Waals surface area contributed by atoms with Crippen molar-refractivity contribution in [3.63, 3.8) is 0 Å². The van der Waals surface area contributed by atoms with Crippen LogP contribution in [0.1, 0.15) is 30.8 Å². The molecule has 0 aliphatic heterocycles. The molecule has 0 aliphatic rings. The average molecular weight is 368 g/mol. The van der Waals surface area contributed by atoms with E-state index < -0.39 is 0 Å². The van der Waals surface area contributed by atoms with Gasteiger partial charge in [-0.2, -0.15) is 0 Å². The van der Waals surface area contributed by atoms with E-state index in [0.717, 1.165) is 16.9 Å². The van der Waals surface area contributed by atoms with Crippen molar-refractivity contribution in [1.82, 2.24) is 10.3 Å². The van der Waals surface area contributed by atoms with Crippen molar-refractivity contribution in [2.75, 3.05) is 7.11 Å². The van der Waals surface area contributed by atoms with Crippen molar-refractivity contribution < 1.29 is 18.3 Å². The van der Waals surface area contributed by atoms with E-state index in [-0.39, 0.29) is 24.2 Å². The second-order valence-corrected chi connectivity index (χ2v) is 6.19. The summed E-state index contributed by atoms with van der Waals surface area (Å²) in [4.78, 5) is 16.4. The van der Waals surface area contributed by atoms with Crippen molar-refractivity contribution in [1.29, 1.82) is 0 Å². The molecule has 1 atom stereocenters. The highest BCUT2D eigenvalue weighted by Gasteiger charge is 2.12.